The summed E-state index contributed by atoms with van der Waals surface area (Å²) in [5.74, 6) is 0.100. The molecule has 1 aliphatic rings. The van der Waals surface area contributed by atoms with Crippen molar-refractivity contribution in [2.75, 3.05) is 32.4 Å². The van der Waals surface area contributed by atoms with E-state index in [-0.39, 0.29) is 11.3 Å². The Kier molecular flexibility index (Phi) is 5.71. The molecule has 1 heterocycles. The lowest BCUT2D eigenvalue weighted by molar-refractivity contribution is -0.132. The van der Waals surface area contributed by atoms with Gasteiger partial charge in [0.05, 0.1) is 6.26 Å². The molecule has 5 nitrogen and oxygen atoms in total. The maximum absolute atomic E-state index is 12.3. The summed E-state index contributed by atoms with van der Waals surface area (Å²) in [7, 11) is -3.15. The molecule has 1 aromatic rings. The fraction of sp³-hybridized carbons (Fsp3) is 0.611. The third-order valence-electron chi connectivity index (χ3n) is 4.51. The molecule has 24 heavy (non-hydrogen) atoms. The summed E-state index contributed by atoms with van der Waals surface area (Å²) in [4.78, 5) is 14.1. The third-order valence-corrected chi connectivity index (χ3v) is 5.81. The fourth-order valence-electron chi connectivity index (χ4n) is 2.85. The molecule has 1 saturated heterocycles. The number of amides is 1. The van der Waals surface area contributed by atoms with Crippen LogP contribution in [-0.4, -0.2) is 56.0 Å². The zero-order valence-corrected chi connectivity index (χ0v) is 15.9. The van der Waals surface area contributed by atoms with E-state index in [1.54, 1.807) is 4.90 Å². The molecule has 0 spiro atoms. The molecule has 1 fully saturated rings. The highest BCUT2D eigenvalue weighted by atomic mass is 32.2. The summed E-state index contributed by atoms with van der Waals surface area (Å²) in [5.41, 5.74) is 2.58. The van der Waals surface area contributed by atoms with E-state index in [9.17, 15) is 13.2 Å². The van der Waals surface area contributed by atoms with Crippen LogP contribution in [0.5, 0.6) is 0 Å². The van der Waals surface area contributed by atoms with E-state index in [0.29, 0.717) is 32.6 Å². The molecule has 0 bridgehead atoms. The second-order valence-corrected chi connectivity index (χ2v) is 9.47. The zero-order valence-electron chi connectivity index (χ0n) is 15.1. The van der Waals surface area contributed by atoms with Crippen LogP contribution >= 0.6 is 0 Å². The van der Waals surface area contributed by atoms with E-state index >= 15 is 0 Å². The van der Waals surface area contributed by atoms with Gasteiger partial charge in [0.1, 0.15) is 0 Å². The number of hydrogen-bond acceptors (Lipinski definition) is 3. The fourth-order valence-corrected chi connectivity index (χ4v) is 3.68. The maximum atomic E-state index is 12.3. The van der Waals surface area contributed by atoms with Gasteiger partial charge in [0.15, 0.2) is 0 Å². The Morgan fingerprint density at radius 3 is 2.04 bits per heavy atom. The van der Waals surface area contributed by atoms with E-state index in [0.717, 1.165) is 12.0 Å². The molecule has 1 aromatic carbocycles. The molecule has 6 heteroatoms. The molecule has 0 atom stereocenters. The second kappa shape index (κ2) is 7.23. The van der Waals surface area contributed by atoms with Crippen molar-refractivity contribution in [3.8, 4) is 0 Å². The SMILES string of the molecule is CC(C)(C)c1ccc(CCC(=O)N2CCN(S(C)(=O)=O)CC2)cc1. The number of rotatable bonds is 4. The molecule has 1 aliphatic heterocycles. The second-order valence-electron chi connectivity index (χ2n) is 7.49. The van der Waals surface area contributed by atoms with Gasteiger partial charge in [0.25, 0.3) is 0 Å². The Bertz CT molecular complexity index is 667. The minimum Gasteiger partial charge on any atom is -0.340 e. The lowest BCUT2D eigenvalue weighted by Gasteiger charge is -2.33. The minimum atomic E-state index is -3.15. The highest BCUT2D eigenvalue weighted by molar-refractivity contribution is 7.88. The first-order chi connectivity index (χ1) is 11.1. The first kappa shape index (κ1) is 18.9. The van der Waals surface area contributed by atoms with E-state index in [4.69, 9.17) is 0 Å². The largest absolute Gasteiger partial charge is 0.340 e. The molecule has 0 radical (unpaired) electrons. The van der Waals surface area contributed by atoms with Crippen LogP contribution in [-0.2, 0) is 26.7 Å². The molecular weight excluding hydrogens is 324 g/mol. The molecule has 0 saturated carbocycles. The summed E-state index contributed by atoms with van der Waals surface area (Å²) < 4.78 is 24.4. The number of carbonyl (C=O) groups excluding carboxylic acids is 1. The highest BCUT2D eigenvalue weighted by Gasteiger charge is 2.25. The van der Waals surface area contributed by atoms with Crippen molar-refractivity contribution in [2.24, 2.45) is 0 Å². The van der Waals surface area contributed by atoms with Crippen molar-refractivity contribution in [2.45, 2.75) is 39.0 Å². The van der Waals surface area contributed by atoms with Crippen molar-refractivity contribution in [1.82, 2.24) is 9.21 Å². The van der Waals surface area contributed by atoms with E-state index in [1.807, 2.05) is 0 Å². The van der Waals surface area contributed by atoms with Crippen LogP contribution in [0.15, 0.2) is 24.3 Å². The van der Waals surface area contributed by atoms with Gasteiger partial charge in [-0.05, 0) is 23.0 Å². The van der Waals surface area contributed by atoms with Gasteiger partial charge >= 0.3 is 0 Å². The zero-order chi connectivity index (χ0) is 18.0. The number of aryl methyl sites for hydroxylation is 1. The van der Waals surface area contributed by atoms with E-state index in [1.165, 1.54) is 16.1 Å². The molecule has 1 amide bonds. The average molecular weight is 353 g/mol. The topological polar surface area (TPSA) is 57.7 Å². The van der Waals surface area contributed by atoms with Crippen molar-refractivity contribution < 1.29 is 13.2 Å². The standard InChI is InChI=1S/C18H28N2O3S/c1-18(2,3)16-8-5-15(6-9-16)7-10-17(21)19-11-13-20(14-12-19)24(4,22)23/h5-6,8-9H,7,10-14H2,1-4H3. The Labute approximate surface area is 145 Å². The number of sulfonamides is 1. The molecule has 0 N–H and O–H groups in total. The lowest BCUT2D eigenvalue weighted by atomic mass is 9.86. The predicted octanol–water partition coefficient (Wildman–Crippen LogP) is 2.02. The summed E-state index contributed by atoms with van der Waals surface area (Å²) in [6, 6.07) is 8.44. The monoisotopic (exact) mass is 352 g/mol. The third kappa shape index (κ3) is 5.05. The highest BCUT2D eigenvalue weighted by Crippen LogP contribution is 2.22. The number of nitrogens with zero attached hydrogens (tertiary/aromatic N) is 2. The molecule has 0 aliphatic carbocycles. The van der Waals surface area contributed by atoms with Crippen molar-refractivity contribution >= 4 is 15.9 Å². The van der Waals surface area contributed by atoms with Crippen LogP contribution in [0.25, 0.3) is 0 Å². The van der Waals surface area contributed by atoms with Gasteiger partial charge in [0.2, 0.25) is 15.9 Å². The number of hydrogen-bond donors (Lipinski definition) is 0. The van der Waals surface area contributed by atoms with E-state index in [2.05, 4.69) is 45.0 Å². The molecule has 134 valence electrons. The van der Waals surface area contributed by atoms with E-state index < -0.39 is 10.0 Å². The average Bonchev–Trinajstić information content (AvgIpc) is 2.51. The van der Waals surface area contributed by atoms with Crippen LogP contribution in [0, 0.1) is 0 Å². The first-order valence-electron chi connectivity index (χ1n) is 8.40. The number of piperazine rings is 1. The predicted molar refractivity (Wildman–Crippen MR) is 96.5 cm³/mol. The summed E-state index contributed by atoms with van der Waals surface area (Å²) >= 11 is 0. The van der Waals surface area contributed by atoms with Gasteiger partial charge < -0.3 is 4.90 Å². The first-order valence-corrected chi connectivity index (χ1v) is 10.2. The summed E-state index contributed by atoms with van der Waals surface area (Å²) in [6.45, 7) is 8.30. The number of carbonyl (C=O) groups is 1. The van der Waals surface area contributed by atoms with Crippen molar-refractivity contribution in [1.29, 1.82) is 0 Å². The van der Waals surface area contributed by atoms with Crippen LogP contribution in [0.2, 0.25) is 0 Å². The summed E-state index contributed by atoms with van der Waals surface area (Å²) in [5, 5.41) is 0. The normalized spacial score (nSPS) is 17.1. The van der Waals surface area contributed by atoms with Gasteiger partial charge in [-0.25, -0.2) is 8.42 Å². The van der Waals surface area contributed by atoms with Gasteiger partial charge in [0, 0.05) is 32.6 Å². The molecule has 0 unspecified atom stereocenters. The van der Waals surface area contributed by atoms with Crippen LogP contribution in [0.1, 0.15) is 38.3 Å². The van der Waals surface area contributed by atoms with Crippen molar-refractivity contribution in [3.05, 3.63) is 35.4 Å². The summed E-state index contributed by atoms with van der Waals surface area (Å²) in [6.07, 6.45) is 2.40. The minimum absolute atomic E-state index is 0.100. The molecule has 2 rings (SSSR count). The molecule has 0 aromatic heterocycles. The van der Waals surface area contributed by atoms with Crippen LogP contribution < -0.4 is 0 Å². The van der Waals surface area contributed by atoms with Crippen molar-refractivity contribution in [3.63, 3.8) is 0 Å². The Hall–Kier alpha value is -1.40. The van der Waals surface area contributed by atoms with Crippen LogP contribution in [0.3, 0.4) is 0 Å². The smallest absolute Gasteiger partial charge is 0.222 e. The lowest BCUT2D eigenvalue weighted by Crippen LogP contribution is -2.50. The Balaban J connectivity index is 1.84. The maximum Gasteiger partial charge on any atom is 0.222 e. The van der Waals surface area contributed by atoms with Gasteiger partial charge in [-0.15, -0.1) is 0 Å². The van der Waals surface area contributed by atoms with Gasteiger partial charge in [-0.1, -0.05) is 45.0 Å². The molecular formula is C18H28N2O3S. The Morgan fingerprint density at radius 1 is 1.04 bits per heavy atom. The quantitative estimate of drug-likeness (QED) is 0.833. The van der Waals surface area contributed by atoms with Crippen LogP contribution in [0.4, 0.5) is 0 Å². The Morgan fingerprint density at radius 2 is 1.58 bits per heavy atom. The number of benzene rings is 1. The van der Waals surface area contributed by atoms with Gasteiger partial charge in [-0.2, -0.15) is 4.31 Å². The van der Waals surface area contributed by atoms with Gasteiger partial charge in [-0.3, -0.25) is 4.79 Å².